The number of carbonyl (C=O) groups is 3. The van der Waals surface area contributed by atoms with E-state index in [4.69, 9.17) is 0 Å². The summed E-state index contributed by atoms with van der Waals surface area (Å²) in [5.41, 5.74) is -0.782. The van der Waals surface area contributed by atoms with Gasteiger partial charge in [0.25, 0.3) is 0 Å². The number of nitrogens with zero attached hydrogens (tertiary/aromatic N) is 1. The Labute approximate surface area is 177 Å². The van der Waals surface area contributed by atoms with Crippen molar-refractivity contribution in [3.05, 3.63) is 11.6 Å². The molecule has 0 aliphatic carbocycles. The topological polar surface area (TPSA) is 86.7 Å². The summed E-state index contributed by atoms with van der Waals surface area (Å²) in [6.45, 7) is 17.2. The molecule has 29 heavy (non-hydrogen) atoms. The maximum Gasteiger partial charge on any atom is 0.331 e. The molecule has 0 aliphatic rings. The van der Waals surface area contributed by atoms with Crippen LogP contribution in [-0.4, -0.2) is 46.9 Å². The Morgan fingerprint density at radius 1 is 1.03 bits per heavy atom. The maximum atomic E-state index is 13.4. The SMILES string of the molecule is CCC(CC)(CC)C(=O)N[C@H](C(=O)N(C)[C@H](/C=C(\C)C(=O)O)C(C)C)C(C)(C)C. The van der Waals surface area contributed by atoms with Crippen LogP contribution in [0.2, 0.25) is 0 Å². The van der Waals surface area contributed by atoms with Crippen LogP contribution in [0.1, 0.15) is 81.6 Å². The van der Waals surface area contributed by atoms with E-state index in [2.05, 4.69) is 5.32 Å². The van der Waals surface area contributed by atoms with Crippen LogP contribution in [0, 0.1) is 16.7 Å². The quantitative estimate of drug-likeness (QED) is 0.527. The molecule has 0 heterocycles. The number of carboxylic acid groups (broad SMARTS) is 1. The van der Waals surface area contributed by atoms with Gasteiger partial charge in [-0.3, -0.25) is 9.59 Å². The average Bonchev–Trinajstić information content (AvgIpc) is 2.63. The second-order valence-electron chi connectivity index (χ2n) is 9.45. The second-order valence-corrected chi connectivity index (χ2v) is 9.45. The van der Waals surface area contributed by atoms with Gasteiger partial charge in [0.1, 0.15) is 6.04 Å². The summed E-state index contributed by atoms with van der Waals surface area (Å²) in [6.07, 6.45) is 3.74. The number of carboxylic acids is 1. The number of hydrogen-bond acceptors (Lipinski definition) is 3. The van der Waals surface area contributed by atoms with Crippen molar-refractivity contribution in [3.8, 4) is 0 Å². The van der Waals surface area contributed by atoms with E-state index in [-0.39, 0.29) is 29.3 Å². The van der Waals surface area contributed by atoms with Crippen molar-refractivity contribution in [2.45, 2.75) is 93.7 Å². The van der Waals surface area contributed by atoms with Crippen molar-refractivity contribution < 1.29 is 19.5 Å². The second kappa shape index (κ2) is 10.8. The van der Waals surface area contributed by atoms with Crippen molar-refractivity contribution in [3.63, 3.8) is 0 Å². The third kappa shape index (κ3) is 6.86. The van der Waals surface area contributed by atoms with Gasteiger partial charge in [-0.2, -0.15) is 0 Å². The highest BCUT2D eigenvalue weighted by Crippen LogP contribution is 2.32. The summed E-state index contributed by atoms with van der Waals surface area (Å²) in [5.74, 6) is -1.28. The van der Waals surface area contributed by atoms with Crippen molar-refractivity contribution in [1.29, 1.82) is 0 Å². The molecule has 0 rings (SSSR count). The van der Waals surface area contributed by atoms with Gasteiger partial charge in [0.15, 0.2) is 0 Å². The molecule has 0 saturated carbocycles. The van der Waals surface area contributed by atoms with E-state index < -0.39 is 22.8 Å². The van der Waals surface area contributed by atoms with Gasteiger partial charge < -0.3 is 15.3 Å². The van der Waals surface area contributed by atoms with E-state index >= 15 is 0 Å². The minimum Gasteiger partial charge on any atom is -0.478 e. The van der Waals surface area contributed by atoms with Crippen LogP contribution in [0.15, 0.2) is 11.6 Å². The lowest BCUT2D eigenvalue weighted by Crippen LogP contribution is -2.58. The molecule has 0 bridgehead atoms. The van der Waals surface area contributed by atoms with Crippen LogP contribution in [0.4, 0.5) is 0 Å². The van der Waals surface area contributed by atoms with Gasteiger partial charge in [-0.05, 0) is 37.5 Å². The lowest BCUT2D eigenvalue weighted by Gasteiger charge is -2.39. The van der Waals surface area contributed by atoms with E-state index in [1.54, 1.807) is 18.0 Å². The highest BCUT2D eigenvalue weighted by atomic mass is 16.4. The van der Waals surface area contributed by atoms with Crippen LogP contribution in [-0.2, 0) is 14.4 Å². The zero-order chi connectivity index (χ0) is 23.2. The zero-order valence-electron chi connectivity index (χ0n) is 20.0. The number of carbonyl (C=O) groups excluding carboxylic acids is 2. The first kappa shape index (κ1) is 27.1. The van der Waals surface area contributed by atoms with Crippen LogP contribution < -0.4 is 5.32 Å². The van der Waals surface area contributed by atoms with Gasteiger partial charge in [-0.15, -0.1) is 0 Å². The third-order valence-electron chi connectivity index (χ3n) is 6.14. The Morgan fingerprint density at radius 3 is 1.79 bits per heavy atom. The molecule has 0 saturated heterocycles. The van der Waals surface area contributed by atoms with Crippen molar-refractivity contribution in [2.75, 3.05) is 7.05 Å². The highest BCUT2D eigenvalue weighted by molar-refractivity contribution is 5.91. The van der Waals surface area contributed by atoms with Crippen LogP contribution in [0.3, 0.4) is 0 Å². The van der Waals surface area contributed by atoms with E-state index in [0.717, 1.165) is 0 Å². The molecule has 0 aromatic rings. The van der Waals surface area contributed by atoms with Crippen molar-refractivity contribution >= 4 is 17.8 Å². The average molecular weight is 411 g/mol. The van der Waals surface area contributed by atoms with Crippen molar-refractivity contribution in [1.82, 2.24) is 10.2 Å². The van der Waals surface area contributed by atoms with Crippen LogP contribution in [0.25, 0.3) is 0 Å². The fraction of sp³-hybridized carbons (Fsp3) is 0.783. The van der Waals surface area contributed by atoms with E-state index in [0.29, 0.717) is 19.3 Å². The number of likely N-dealkylation sites (N-methyl/N-ethyl adjacent to an activating group) is 1. The Morgan fingerprint density at radius 2 is 1.48 bits per heavy atom. The number of hydrogen-bond donors (Lipinski definition) is 2. The molecule has 0 unspecified atom stereocenters. The van der Waals surface area contributed by atoms with Gasteiger partial charge in [-0.25, -0.2) is 4.79 Å². The highest BCUT2D eigenvalue weighted by Gasteiger charge is 2.41. The zero-order valence-corrected chi connectivity index (χ0v) is 20.0. The predicted molar refractivity (Wildman–Crippen MR) is 117 cm³/mol. The fourth-order valence-corrected chi connectivity index (χ4v) is 3.59. The standard InChI is InChI=1S/C23H42N2O4/c1-11-23(12-2,13-3)21(29)24-18(22(7,8)9)19(26)25(10)17(15(4)5)14-16(6)20(27)28/h14-15,17-18H,11-13H2,1-10H3,(H,24,29)(H,27,28)/b16-14+/t17-,18-/m1/s1. The number of aliphatic carboxylic acids is 1. The van der Waals surface area contributed by atoms with E-state index in [9.17, 15) is 19.5 Å². The van der Waals surface area contributed by atoms with Gasteiger partial charge in [0.2, 0.25) is 11.8 Å². The molecule has 0 radical (unpaired) electrons. The molecular formula is C23H42N2O4. The minimum atomic E-state index is -1.00. The van der Waals surface area contributed by atoms with Gasteiger partial charge >= 0.3 is 5.97 Å². The molecule has 2 N–H and O–H groups in total. The monoisotopic (exact) mass is 410 g/mol. The summed E-state index contributed by atoms with van der Waals surface area (Å²) in [7, 11) is 1.68. The lowest BCUT2D eigenvalue weighted by atomic mass is 9.77. The van der Waals surface area contributed by atoms with E-state index in [1.165, 1.54) is 6.92 Å². The minimum absolute atomic E-state index is 0.0237. The molecule has 0 aromatic heterocycles. The Bertz CT molecular complexity index is 605. The summed E-state index contributed by atoms with van der Waals surface area (Å²) in [6, 6.07) is -1.09. The van der Waals surface area contributed by atoms with Gasteiger partial charge in [0, 0.05) is 18.0 Å². The Hall–Kier alpha value is -1.85. The number of nitrogens with one attached hydrogen (secondary N) is 1. The van der Waals surface area contributed by atoms with Crippen LogP contribution in [0.5, 0.6) is 0 Å². The first-order valence-corrected chi connectivity index (χ1v) is 10.7. The molecule has 2 atom stereocenters. The molecule has 0 spiro atoms. The number of rotatable bonds is 10. The summed E-state index contributed by atoms with van der Waals surface area (Å²) in [4.78, 5) is 39.4. The smallest absolute Gasteiger partial charge is 0.331 e. The number of amides is 2. The molecule has 168 valence electrons. The molecule has 0 fully saturated rings. The molecule has 6 heteroatoms. The van der Waals surface area contributed by atoms with Gasteiger partial charge in [0.05, 0.1) is 6.04 Å². The third-order valence-corrected chi connectivity index (χ3v) is 6.14. The maximum absolute atomic E-state index is 13.4. The predicted octanol–water partition coefficient (Wildman–Crippen LogP) is 4.25. The van der Waals surface area contributed by atoms with E-state index in [1.807, 2.05) is 55.4 Å². The summed E-state index contributed by atoms with van der Waals surface area (Å²) < 4.78 is 0. The molecule has 6 nitrogen and oxygen atoms in total. The summed E-state index contributed by atoms with van der Waals surface area (Å²) in [5, 5.41) is 12.3. The first-order valence-electron chi connectivity index (χ1n) is 10.7. The first-order chi connectivity index (χ1) is 13.2. The molecule has 2 amide bonds. The lowest BCUT2D eigenvalue weighted by molar-refractivity contribution is -0.143. The largest absolute Gasteiger partial charge is 0.478 e. The van der Waals surface area contributed by atoms with Crippen molar-refractivity contribution in [2.24, 2.45) is 16.7 Å². The fourth-order valence-electron chi connectivity index (χ4n) is 3.59. The molecule has 0 aromatic carbocycles. The molecule has 0 aliphatic heterocycles. The Balaban J connectivity index is 5.95. The summed E-state index contributed by atoms with van der Waals surface area (Å²) >= 11 is 0. The Kier molecular flexibility index (Phi) is 10.1. The molecular weight excluding hydrogens is 368 g/mol. The normalized spacial score (nSPS) is 15.1. The van der Waals surface area contributed by atoms with Gasteiger partial charge in [-0.1, -0.05) is 61.5 Å². The van der Waals surface area contributed by atoms with Crippen LogP contribution >= 0.6 is 0 Å².